The molecular weight excluding hydrogens is 746 g/mol. The van der Waals surface area contributed by atoms with Gasteiger partial charge >= 0.3 is 19.5 Å². The quantitative estimate of drug-likeness (QED) is 0.117. The molecule has 20 nitrogen and oxygen atoms in total. The largest absolute Gasteiger partial charge is 2.00 e. The summed E-state index contributed by atoms with van der Waals surface area (Å²) in [6, 6.07) is 15.8. The third kappa shape index (κ3) is 5.18. The monoisotopic (exact) mass is 756 g/mol. The second kappa shape index (κ2) is 11.8. The molecule has 53 heavy (non-hydrogen) atoms. The van der Waals surface area contributed by atoms with E-state index in [0.717, 1.165) is 0 Å². The van der Waals surface area contributed by atoms with Crippen LogP contribution in [0.3, 0.4) is 0 Å². The Kier molecular flexibility index (Phi) is 7.25. The van der Waals surface area contributed by atoms with Gasteiger partial charge in [-0.25, -0.2) is 9.97 Å². The molecule has 21 heteroatoms. The van der Waals surface area contributed by atoms with Gasteiger partial charge in [0.2, 0.25) is 0 Å². The molecule has 2 aliphatic heterocycles. The molecule has 9 rings (SSSR count). The molecule has 0 fully saturated rings. The Hall–Kier alpha value is -7.54. The van der Waals surface area contributed by atoms with Crippen molar-refractivity contribution in [3.8, 4) is 45.6 Å². The van der Waals surface area contributed by atoms with Gasteiger partial charge in [-0.05, 0) is 35.0 Å². The van der Waals surface area contributed by atoms with Crippen LogP contribution in [0.5, 0.6) is 0 Å². The average molecular weight is 758 g/mol. The van der Waals surface area contributed by atoms with Crippen molar-refractivity contribution in [3.05, 3.63) is 113 Å². The predicted molar refractivity (Wildman–Crippen MR) is 181 cm³/mol. The molecule has 0 radical (unpaired) electrons. The summed E-state index contributed by atoms with van der Waals surface area (Å²) in [5, 5.41) is 48.1. The van der Waals surface area contributed by atoms with Crippen LogP contribution in [0.1, 0.15) is 0 Å². The van der Waals surface area contributed by atoms with Crippen molar-refractivity contribution in [2.24, 2.45) is 0 Å². The van der Waals surface area contributed by atoms with Gasteiger partial charge in [0.15, 0.2) is 0 Å². The number of nitrogens with zero attached hydrogens (tertiary/aromatic N) is 12. The van der Waals surface area contributed by atoms with Crippen molar-refractivity contribution >= 4 is 66.9 Å². The van der Waals surface area contributed by atoms with Crippen LogP contribution in [0.2, 0.25) is 0 Å². The number of rotatable bonds is 4. The maximum absolute atomic E-state index is 11.8. The first-order valence-corrected chi connectivity index (χ1v) is 14.9. The van der Waals surface area contributed by atoms with Crippen LogP contribution >= 0.6 is 0 Å². The third-order valence-corrected chi connectivity index (χ3v) is 8.48. The molecule has 0 N–H and O–H groups in total. The number of benzene rings is 4. The summed E-state index contributed by atoms with van der Waals surface area (Å²) in [4.78, 5) is 81.5. The number of nitro groups is 4. The van der Waals surface area contributed by atoms with E-state index in [0.29, 0.717) is 21.9 Å². The van der Waals surface area contributed by atoms with Gasteiger partial charge < -0.3 is 29.9 Å². The minimum Gasteiger partial charge on any atom is -0.357 e. The fourth-order valence-corrected chi connectivity index (χ4v) is 6.07. The molecule has 0 spiro atoms. The second-order valence-electron chi connectivity index (χ2n) is 11.4. The molecule has 4 aromatic carbocycles. The molecule has 8 bridgehead atoms. The first-order chi connectivity index (χ1) is 25.0. The summed E-state index contributed by atoms with van der Waals surface area (Å²) in [6.45, 7) is 0. The zero-order valence-electron chi connectivity index (χ0n) is 26.3. The van der Waals surface area contributed by atoms with Gasteiger partial charge in [-0.15, -0.1) is 0 Å². The molecule has 0 saturated carbocycles. The Morgan fingerprint density at radius 2 is 0.679 bits per heavy atom. The number of hydrogen-bond donors (Lipinski definition) is 0. The van der Waals surface area contributed by atoms with Crippen LogP contribution in [-0.4, -0.2) is 49.6 Å². The van der Waals surface area contributed by atoms with Crippen LogP contribution in [0.4, 0.5) is 22.7 Å². The van der Waals surface area contributed by atoms with Crippen LogP contribution in [0, 0.1) is 40.5 Å². The molecular formula is C32H12N12O8Zn. The van der Waals surface area contributed by atoms with Gasteiger partial charge in [-0.1, -0.05) is 0 Å². The van der Waals surface area contributed by atoms with Crippen molar-refractivity contribution in [1.29, 1.82) is 0 Å². The summed E-state index contributed by atoms with van der Waals surface area (Å²) in [6.07, 6.45) is 0. The Balaban J connectivity index is 0.00000400. The molecule has 250 valence electrons. The predicted octanol–water partition coefficient (Wildman–Crippen LogP) is 5.76. The zero-order valence-corrected chi connectivity index (χ0v) is 29.2. The van der Waals surface area contributed by atoms with E-state index in [-0.39, 0.29) is 110 Å². The molecule has 5 heterocycles. The van der Waals surface area contributed by atoms with Crippen molar-refractivity contribution in [2.75, 3.05) is 0 Å². The van der Waals surface area contributed by atoms with Crippen LogP contribution in [-0.2, 0) is 19.5 Å². The summed E-state index contributed by atoms with van der Waals surface area (Å²) < 4.78 is 0. The molecule has 7 aromatic rings. The van der Waals surface area contributed by atoms with E-state index >= 15 is 0 Å². The van der Waals surface area contributed by atoms with Crippen molar-refractivity contribution in [2.45, 2.75) is 0 Å². The average Bonchev–Trinajstić information content (AvgIpc) is 3.85. The normalized spacial score (nSPS) is 11.5. The topological polar surface area (TPSA) is 278 Å². The van der Waals surface area contributed by atoms with E-state index in [1.807, 2.05) is 0 Å². The third-order valence-electron chi connectivity index (χ3n) is 8.48. The van der Waals surface area contributed by atoms with Gasteiger partial charge in [0.05, 0.1) is 43.0 Å². The van der Waals surface area contributed by atoms with Gasteiger partial charge in [0.1, 0.15) is 0 Å². The summed E-state index contributed by atoms with van der Waals surface area (Å²) in [7, 11) is 0. The Labute approximate surface area is 304 Å². The van der Waals surface area contributed by atoms with Crippen LogP contribution in [0.15, 0.2) is 72.8 Å². The molecule has 2 aliphatic rings. The second-order valence-corrected chi connectivity index (χ2v) is 11.4. The Morgan fingerprint density at radius 3 is 1.04 bits per heavy atom. The fourth-order valence-electron chi connectivity index (χ4n) is 6.07. The Morgan fingerprint density at radius 1 is 0.377 bits per heavy atom. The molecule has 0 unspecified atom stereocenters. The van der Waals surface area contributed by atoms with E-state index in [1.165, 1.54) is 72.8 Å². The van der Waals surface area contributed by atoms with E-state index in [1.54, 1.807) is 0 Å². The van der Waals surface area contributed by atoms with Gasteiger partial charge in [0.25, 0.3) is 22.7 Å². The van der Waals surface area contributed by atoms with E-state index in [2.05, 4.69) is 39.9 Å². The SMILES string of the molecule is O=[N+]([O-])c1ccc2c(c1)-c1nc-2nc2[n-]c(nc3nc(nc4[n-]c(n1)c1ccc([N+](=O)[O-])cc41)-c1cc([N+](=O)[O-])ccc1-3)c1cc([N+](=O)[O-])ccc21.[Zn+2]. The van der Waals surface area contributed by atoms with E-state index < -0.39 is 19.7 Å². The molecule has 3 aromatic heterocycles. The summed E-state index contributed by atoms with van der Waals surface area (Å²) >= 11 is 0. The van der Waals surface area contributed by atoms with Gasteiger partial charge in [-0.2, -0.15) is 0 Å². The minimum absolute atomic E-state index is 0. The maximum Gasteiger partial charge on any atom is 2.00 e. The van der Waals surface area contributed by atoms with E-state index in [9.17, 15) is 40.5 Å². The smallest absolute Gasteiger partial charge is 0.357 e. The van der Waals surface area contributed by atoms with Crippen molar-refractivity contribution in [3.63, 3.8) is 0 Å². The number of fused-ring (bicyclic) bond motifs is 20. The number of hydrogen-bond acceptors (Lipinski definition) is 14. The summed E-state index contributed by atoms with van der Waals surface area (Å²) in [5.74, 6) is -0.0435. The standard InChI is InChI=1S/C32H12N12O8.Zn/c45-41(46)13-1-5-17-21(9-13)29-34-25(17)33-26-18-6-2-14(42(47)48)10-22(18)30(35-26)37-28-20-8-4-16(44(51)52)12-24(20)32(39-28)40-31-23-11-15(43(49)50)3-7-19(23)27(36-29)38-31;/h1-12H;/q-2;+2. The van der Waals surface area contributed by atoms with Crippen molar-refractivity contribution < 1.29 is 39.2 Å². The number of non-ortho nitro benzene ring substituents is 4. The van der Waals surface area contributed by atoms with E-state index in [4.69, 9.17) is 0 Å². The molecule has 0 saturated heterocycles. The molecule has 0 amide bonds. The maximum atomic E-state index is 11.8. The minimum atomic E-state index is -0.603. The van der Waals surface area contributed by atoms with Crippen molar-refractivity contribution in [1.82, 2.24) is 39.9 Å². The fraction of sp³-hybridized carbons (Fsp3) is 0. The van der Waals surface area contributed by atoms with Crippen LogP contribution < -0.4 is 9.97 Å². The zero-order chi connectivity index (χ0) is 36.0. The molecule has 0 atom stereocenters. The van der Waals surface area contributed by atoms with Gasteiger partial charge in [0, 0.05) is 104 Å². The van der Waals surface area contributed by atoms with Crippen LogP contribution in [0.25, 0.3) is 89.7 Å². The first kappa shape index (κ1) is 32.7. The number of nitro benzene ring substituents is 4. The first-order valence-electron chi connectivity index (χ1n) is 14.9. The molecule has 0 aliphatic carbocycles. The van der Waals surface area contributed by atoms with Gasteiger partial charge in [-0.3, -0.25) is 40.5 Å². The number of aromatic nitrogens is 8. The Bertz CT molecular complexity index is 3020. The summed E-state index contributed by atoms with van der Waals surface area (Å²) in [5.41, 5.74) is -0.0475.